The van der Waals surface area contributed by atoms with Crippen molar-refractivity contribution >= 4 is 19.5 Å². The third kappa shape index (κ3) is 20.4. The molecule has 0 radical (unpaired) electrons. The maximum absolute atomic E-state index is 12.6. The lowest BCUT2D eigenvalue weighted by Crippen LogP contribution is -2.55. The fourth-order valence-corrected chi connectivity index (χ4v) is 4.21. The van der Waals surface area contributed by atoms with E-state index in [0.29, 0.717) is 25.6 Å². The SMILES string of the molecule is C.CCC(=O)OC(C)(C)COC.COCC(C)OC(=O)[C@@H](C)C(C)C.COCC1(OP(C)(=O)O)CC(F)(F)C1. The zero-order valence-electron chi connectivity index (χ0n) is 24.8. The number of halogens is 2. The first-order valence-electron chi connectivity index (χ1n) is 12.5. The van der Waals surface area contributed by atoms with Crippen LogP contribution >= 0.6 is 7.60 Å². The van der Waals surface area contributed by atoms with Gasteiger partial charge in [-0.2, -0.15) is 0 Å². The molecule has 1 N–H and O–H groups in total. The summed E-state index contributed by atoms with van der Waals surface area (Å²) in [5.41, 5.74) is -1.79. The van der Waals surface area contributed by atoms with E-state index in [-0.39, 0.29) is 38.0 Å². The molecule has 2 unspecified atom stereocenters. The van der Waals surface area contributed by atoms with Crippen molar-refractivity contribution in [3.05, 3.63) is 0 Å². The van der Waals surface area contributed by atoms with Gasteiger partial charge in [0.15, 0.2) is 0 Å². The van der Waals surface area contributed by atoms with Gasteiger partial charge in [0.05, 0.1) is 25.7 Å². The predicted octanol–water partition coefficient (Wildman–Crippen LogP) is 5.49. The average molecular weight is 595 g/mol. The van der Waals surface area contributed by atoms with Gasteiger partial charge in [-0.3, -0.25) is 18.7 Å². The fourth-order valence-electron chi connectivity index (χ4n) is 3.31. The Morgan fingerprint density at radius 1 is 1.03 bits per heavy atom. The number of ether oxygens (including phenoxy) is 5. The smallest absolute Gasteiger partial charge is 0.325 e. The molecule has 0 spiro atoms. The number of alkyl halides is 2. The Morgan fingerprint density at radius 3 is 1.87 bits per heavy atom. The molecule has 0 heterocycles. The predicted molar refractivity (Wildman–Crippen MR) is 146 cm³/mol. The van der Waals surface area contributed by atoms with Crippen molar-refractivity contribution in [2.45, 2.75) is 98.4 Å². The number of methoxy groups -OCH3 is 3. The minimum absolute atomic E-state index is 0. The van der Waals surface area contributed by atoms with E-state index in [9.17, 15) is 22.9 Å². The summed E-state index contributed by atoms with van der Waals surface area (Å²) in [7, 11) is 0.759. The van der Waals surface area contributed by atoms with Crippen LogP contribution < -0.4 is 0 Å². The summed E-state index contributed by atoms with van der Waals surface area (Å²) in [6, 6.07) is 0. The Labute approximate surface area is 233 Å². The highest BCUT2D eigenvalue weighted by molar-refractivity contribution is 7.51. The molecule has 13 heteroatoms. The molecule has 0 saturated heterocycles. The van der Waals surface area contributed by atoms with Crippen molar-refractivity contribution in [3.8, 4) is 0 Å². The Hall–Kier alpha value is -1.17. The topological polar surface area (TPSA) is 127 Å². The standard InChI is InChI=1S/C10H20O3.C8H16O3.C7H13F2O4P.CH4/c1-7(2)9(4)10(11)13-8(3)6-12-5;1-5-7(9)11-8(2,3)6-10-4;1-12-5-6(13-14(2,10)11)3-7(8,9)4-6;/h7-9H,6H2,1-5H3;5-6H2,1-4H3;3-5H2,1-2H3,(H,10,11);1H4/t8?,9-;;;/m0.../s1. The van der Waals surface area contributed by atoms with Gasteiger partial charge in [-0.05, 0) is 26.7 Å². The highest BCUT2D eigenvalue weighted by Gasteiger charge is 2.59. The van der Waals surface area contributed by atoms with Crippen molar-refractivity contribution < 1.29 is 56.0 Å². The van der Waals surface area contributed by atoms with Crippen LogP contribution in [0.2, 0.25) is 0 Å². The summed E-state index contributed by atoms with van der Waals surface area (Å²) in [6.45, 7) is 14.9. The van der Waals surface area contributed by atoms with E-state index in [1.54, 1.807) is 21.1 Å². The molecule has 0 aromatic rings. The Morgan fingerprint density at radius 2 is 1.54 bits per heavy atom. The maximum Gasteiger partial charge on any atom is 0.325 e. The van der Waals surface area contributed by atoms with Crippen LogP contribution in [0.25, 0.3) is 0 Å². The van der Waals surface area contributed by atoms with Gasteiger partial charge in [-0.15, -0.1) is 0 Å². The highest BCUT2D eigenvalue weighted by Crippen LogP contribution is 2.55. The van der Waals surface area contributed by atoms with Crippen LogP contribution in [0.1, 0.15) is 75.2 Å². The number of esters is 2. The molecule has 0 amide bonds. The van der Waals surface area contributed by atoms with Crippen molar-refractivity contribution in [1.82, 2.24) is 0 Å². The summed E-state index contributed by atoms with van der Waals surface area (Å²) in [6.07, 6.45) is -0.871. The lowest BCUT2D eigenvalue weighted by atomic mass is 9.77. The third-order valence-corrected chi connectivity index (χ3v) is 5.92. The maximum atomic E-state index is 12.6. The fraction of sp³-hybridized carbons (Fsp3) is 0.923. The Bertz CT molecular complexity index is 732. The van der Waals surface area contributed by atoms with Crippen molar-refractivity contribution in [3.63, 3.8) is 0 Å². The minimum Gasteiger partial charge on any atom is -0.460 e. The molecule has 0 bridgehead atoms. The van der Waals surface area contributed by atoms with E-state index in [0.717, 1.165) is 6.66 Å². The molecule has 39 heavy (non-hydrogen) atoms. The van der Waals surface area contributed by atoms with Gasteiger partial charge >= 0.3 is 19.5 Å². The molecule has 0 aromatic heterocycles. The summed E-state index contributed by atoms with van der Waals surface area (Å²) >= 11 is 0. The number of hydrogen-bond donors (Lipinski definition) is 1. The highest BCUT2D eigenvalue weighted by atomic mass is 31.2. The molecule has 1 aliphatic carbocycles. The lowest BCUT2D eigenvalue weighted by molar-refractivity contribution is -0.210. The molecule has 1 fully saturated rings. The average Bonchev–Trinajstić information content (AvgIpc) is 2.71. The van der Waals surface area contributed by atoms with Crippen LogP contribution in [-0.2, 0) is 42.4 Å². The minimum atomic E-state index is -3.75. The van der Waals surface area contributed by atoms with Crippen LogP contribution in [0.4, 0.5) is 8.78 Å². The van der Waals surface area contributed by atoms with Crippen molar-refractivity contribution in [1.29, 1.82) is 0 Å². The molecule has 10 nitrogen and oxygen atoms in total. The molecule has 1 saturated carbocycles. The Kier molecular flexibility index (Phi) is 20.7. The van der Waals surface area contributed by atoms with Crippen LogP contribution in [0.15, 0.2) is 0 Å². The first-order valence-corrected chi connectivity index (χ1v) is 14.5. The quantitative estimate of drug-likeness (QED) is 0.216. The summed E-state index contributed by atoms with van der Waals surface area (Å²) in [5.74, 6) is -2.86. The van der Waals surface area contributed by atoms with Crippen LogP contribution in [-0.4, -0.2) is 87.9 Å². The summed E-state index contributed by atoms with van der Waals surface area (Å²) in [5, 5.41) is 0. The van der Waals surface area contributed by atoms with Gasteiger partial charge in [0.25, 0.3) is 5.92 Å². The van der Waals surface area contributed by atoms with Gasteiger partial charge in [0, 0.05) is 47.3 Å². The number of rotatable bonds is 13. The summed E-state index contributed by atoms with van der Waals surface area (Å²) in [4.78, 5) is 31.2. The number of carbonyl (C=O) groups is 2. The van der Waals surface area contributed by atoms with E-state index >= 15 is 0 Å². The molecule has 0 aromatic carbocycles. The molecule has 1 rings (SSSR count). The second-order valence-corrected chi connectivity index (χ2v) is 12.3. The van der Waals surface area contributed by atoms with E-state index in [4.69, 9.17) is 33.1 Å². The second kappa shape index (κ2) is 19.0. The first-order chi connectivity index (χ1) is 17.2. The zero-order chi connectivity index (χ0) is 30.4. The Balaban J connectivity index is -0.000000496. The van der Waals surface area contributed by atoms with Crippen molar-refractivity contribution in [2.75, 3.05) is 47.8 Å². The molecule has 1 aliphatic rings. The third-order valence-electron chi connectivity index (χ3n) is 5.19. The first kappa shape index (κ1) is 42.3. The van der Waals surface area contributed by atoms with Gasteiger partial charge in [0.2, 0.25) is 0 Å². The van der Waals surface area contributed by atoms with Gasteiger partial charge in [-0.25, -0.2) is 8.78 Å². The van der Waals surface area contributed by atoms with Crippen LogP contribution in [0.3, 0.4) is 0 Å². The van der Waals surface area contributed by atoms with E-state index in [2.05, 4.69) is 0 Å². The summed E-state index contributed by atoms with van der Waals surface area (Å²) < 4.78 is 65.6. The molecule has 236 valence electrons. The van der Waals surface area contributed by atoms with Gasteiger partial charge < -0.3 is 28.6 Å². The van der Waals surface area contributed by atoms with E-state index < -0.39 is 37.6 Å². The lowest BCUT2D eigenvalue weighted by Gasteiger charge is -2.46. The second-order valence-electron chi connectivity index (χ2n) is 10.5. The van der Waals surface area contributed by atoms with Gasteiger partial charge in [-0.1, -0.05) is 35.1 Å². The zero-order valence-corrected chi connectivity index (χ0v) is 25.7. The molecule has 0 aliphatic heterocycles. The van der Waals surface area contributed by atoms with Crippen LogP contribution in [0.5, 0.6) is 0 Å². The largest absolute Gasteiger partial charge is 0.460 e. The normalized spacial score (nSPS) is 18.3. The van der Waals surface area contributed by atoms with Gasteiger partial charge in [0.1, 0.15) is 17.3 Å². The number of carbonyl (C=O) groups excluding carboxylic acids is 2. The number of hydrogen-bond acceptors (Lipinski definition) is 9. The van der Waals surface area contributed by atoms with E-state index in [1.807, 2.05) is 41.5 Å². The monoisotopic (exact) mass is 594 g/mol. The molecular weight excluding hydrogens is 541 g/mol. The molecular formula is C26H53F2O10P. The molecule has 3 atom stereocenters. The van der Waals surface area contributed by atoms with Crippen LogP contribution in [0, 0.1) is 11.8 Å². The van der Waals surface area contributed by atoms with E-state index in [1.165, 1.54) is 7.11 Å². The van der Waals surface area contributed by atoms with Crippen molar-refractivity contribution in [2.24, 2.45) is 11.8 Å².